The van der Waals surface area contributed by atoms with Crippen LogP contribution in [0.4, 0.5) is 17.3 Å². The molecule has 2 aliphatic heterocycles. The van der Waals surface area contributed by atoms with Crippen molar-refractivity contribution >= 4 is 85.2 Å². The molecule has 0 saturated carbocycles. The molecule has 232 valence electrons. The van der Waals surface area contributed by atoms with E-state index in [0.717, 1.165) is 30.4 Å². The van der Waals surface area contributed by atoms with Gasteiger partial charge in [-0.1, -0.05) is 0 Å². The van der Waals surface area contributed by atoms with Gasteiger partial charge < -0.3 is 21.0 Å². The number of sulfonamides is 2. The number of H-pyrrole nitrogens is 2. The molecule has 4 heterocycles. The number of aromatic amines is 2. The second kappa shape index (κ2) is 15.1. The van der Waals surface area contributed by atoms with E-state index in [-0.39, 0.29) is 9.79 Å². The predicted molar refractivity (Wildman–Crippen MR) is 177 cm³/mol. The summed E-state index contributed by atoms with van der Waals surface area (Å²) in [7, 11) is -6.84. The molecule has 0 aliphatic carbocycles. The van der Waals surface area contributed by atoms with E-state index in [1.807, 2.05) is 0 Å². The summed E-state index contributed by atoms with van der Waals surface area (Å²) < 4.78 is 54.8. The number of nitrogens with two attached hydrogens (primary N) is 1. The Morgan fingerprint density at radius 2 is 1.23 bits per heavy atom. The van der Waals surface area contributed by atoms with Crippen LogP contribution in [0, 0.1) is 0 Å². The first-order chi connectivity index (χ1) is 20.5. The lowest BCUT2D eigenvalue weighted by atomic mass is 10.3. The van der Waals surface area contributed by atoms with E-state index >= 15 is 0 Å². The molecule has 4 aromatic rings. The van der Waals surface area contributed by atoms with E-state index in [1.54, 1.807) is 55.1 Å². The van der Waals surface area contributed by atoms with Crippen molar-refractivity contribution in [1.29, 1.82) is 0 Å². The van der Waals surface area contributed by atoms with Crippen LogP contribution in [0.2, 0.25) is 0 Å². The predicted octanol–water partition coefficient (Wildman–Crippen LogP) is 5.69. The van der Waals surface area contributed by atoms with E-state index in [4.69, 9.17) is 5.73 Å². The fourth-order valence-electron chi connectivity index (χ4n) is 4.35. The Hall–Kier alpha value is -2.28. The first kappa shape index (κ1) is 33.6. The number of nitrogens with zero attached hydrogens (tertiary/aromatic N) is 4. The molecule has 43 heavy (non-hydrogen) atoms. The monoisotopic (exact) mass is 820 g/mol. The summed E-state index contributed by atoms with van der Waals surface area (Å²) in [5.74, 6) is 0.571. The van der Waals surface area contributed by atoms with Gasteiger partial charge in [0.1, 0.15) is 0 Å². The van der Waals surface area contributed by atoms with Gasteiger partial charge in [0.25, 0.3) is 0 Å². The molecule has 0 bridgehead atoms. The maximum atomic E-state index is 12.7. The Balaban J connectivity index is 0.000000169. The molecule has 12 nitrogen and oxygen atoms in total. The molecule has 2 aliphatic rings. The number of rotatable bonds is 6. The summed E-state index contributed by atoms with van der Waals surface area (Å²) in [6, 6.07) is 9.99. The van der Waals surface area contributed by atoms with E-state index in [0.29, 0.717) is 52.4 Å². The Labute approximate surface area is 276 Å². The van der Waals surface area contributed by atoms with E-state index in [9.17, 15) is 16.8 Å². The van der Waals surface area contributed by atoms with E-state index in [2.05, 4.69) is 73.0 Å². The lowest BCUT2D eigenvalue weighted by molar-refractivity contribution is 0.476. The average molecular weight is 823 g/mol. The zero-order chi connectivity index (χ0) is 31.0. The third-order valence-electron chi connectivity index (χ3n) is 6.48. The lowest BCUT2D eigenvalue weighted by Gasteiger charge is -2.17. The van der Waals surface area contributed by atoms with E-state index in [1.165, 1.54) is 14.7 Å². The van der Waals surface area contributed by atoms with Crippen molar-refractivity contribution in [2.24, 2.45) is 0 Å². The molecule has 2 aromatic heterocycles. The molecular formula is C26H31Br3N8O4S2. The first-order valence-corrected chi connectivity index (χ1v) is 18.5. The van der Waals surface area contributed by atoms with Gasteiger partial charge in [-0.15, -0.1) is 0 Å². The molecule has 0 spiro atoms. The highest BCUT2D eigenvalue weighted by atomic mass is 79.9. The fourth-order valence-corrected chi connectivity index (χ4v) is 9.54. The van der Waals surface area contributed by atoms with Crippen molar-refractivity contribution in [2.75, 3.05) is 37.2 Å². The summed E-state index contributed by atoms with van der Waals surface area (Å²) in [4.78, 5) is 14.1. The largest absolute Gasteiger partial charge is 0.399 e. The van der Waals surface area contributed by atoms with Crippen LogP contribution in [0.15, 0.2) is 84.7 Å². The molecule has 17 heteroatoms. The number of hydrogen-bond donors (Lipinski definition) is 4. The van der Waals surface area contributed by atoms with Crippen molar-refractivity contribution in [1.82, 2.24) is 28.5 Å². The van der Waals surface area contributed by atoms with Crippen molar-refractivity contribution in [3.05, 3.63) is 74.9 Å². The van der Waals surface area contributed by atoms with Crippen LogP contribution >= 0.6 is 47.8 Å². The van der Waals surface area contributed by atoms with Crippen LogP contribution in [0.3, 0.4) is 0 Å². The maximum Gasteiger partial charge on any atom is 0.244 e. The van der Waals surface area contributed by atoms with Crippen LogP contribution < -0.4 is 11.1 Å². The number of aromatic nitrogens is 4. The zero-order valence-electron chi connectivity index (χ0n) is 22.9. The second-order valence-electron chi connectivity index (χ2n) is 9.50. The first-order valence-electron chi connectivity index (χ1n) is 13.2. The Morgan fingerprint density at radius 1 is 0.721 bits per heavy atom. The quantitative estimate of drug-likeness (QED) is 0.180. The molecule has 5 N–H and O–H groups in total. The van der Waals surface area contributed by atoms with Gasteiger partial charge in [0, 0.05) is 71.3 Å². The normalized spacial score (nSPS) is 15.8. The van der Waals surface area contributed by atoms with Crippen molar-refractivity contribution in [2.45, 2.75) is 35.5 Å². The fraction of sp³-hybridized carbons (Fsp3) is 0.308. The SMILES string of the molecule is Brc1ncc[nH]1.Nc1ccc(Br)c(S(=O)(=O)N2CCCC2)c1.O=S(=O)(c1cc(Nc2ncc[nH]2)ccc1Br)N1CCCC1. The third-order valence-corrected chi connectivity index (χ3v) is 12.7. The van der Waals surface area contributed by atoms with E-state index < -0.39 is 20.0 Å². The summed E-state index contributed by atoms with van der Waals surface area (Å²) >= 11 is 9.70. The maximum absolute atomic E-state index is 12.7. The van der Waals surface area contributed by atoms with Crippen LogP contribution in [0.25, 0.3) is 0 Å². The van der Waals surface area contributed by atoms with Gasteiger partial charge >= 0.3 is 0 Å². The number of nitrogens with one attached hydrogen (secondary N) is 3. The standard InChI is InChI=1S/C13H15BrN4O2S.C10H13BrN2O2S.C3H3BrN2/c14-11-4-3-10(17-13-15-5-6-16-13)9-12(11)21(19,20)18-7-1-2-8-18;11-9-4-3-8(12)7-10(9)16(14,15)13-5-1-2-6-13;4-3-5-1-2-6-3/h3-6,9H,1-2,7-8H2,(H2,15,16,17);3-4,7H,1-2,5-6,12H2;1-2H,(H,5,6). The summed E-state index contributed by atoms with van der Waals surface area (Å²) in [6.07, 6.45) is 10.5. The lowest BCUT2D eigenvalue weighted by Crippen LogP contribution is -2.28. The van der Waals surface area contributed by atoms with Gasteiger partial charge in [-0.05, 0) is 110 Å². The minimum Gasteiger partial charge on any atom is -0.399 e. The summed E-state index contributed by atoms with van der Waals surface area (Å²) in [5, 5.41) is 3.04. The number of imidazole rings is 2. The molecule has 0 radical (unpaired) electrons. The Kier molecular flexibility index (Phi) is 11.8. The molecule has 0 unspecified atom stereocenters. The zero-order valence-corrected chi connectivity index (χ0v) is 29.3. The number of nitrogen functional groups attached to an aromatic ring is 1. The minimum absolute atomic E-state index is 0.259. The minimum atomic E-state index is -3.45. The Morgan fingerprint density at radius 3 is 1.70 bits per heavy atom. The van der Waals surface area contributed by atoms with Gasteiger partial charge in [0.15, 0.2) is 4.73 Å². The van der Waals surface area contributed by atoms with Crippen LogP contribution in [-0.2, 0) is 20.0 Å². The molecule has 0 amide bonds. The molecule has 2 fully saturated rings. The van der Waals surface area contributed by atoms with Crippen LogP contribution in [0.5, 0.6) is 0 Å². The highest BCUT2D eigenvalue weighted by molar-refractivity contribution is 9.11. The van der Waals surface area contributed by atoms with Crippen LogP contribution in [0.1, 0.15) is 25.7 Å². The highest BCUT2D eigenvalue weighted by Crippen LogP contribution is 2.31. The number of anilines is 3. The topological polar surface area (TPSA) is 170 Å². The highest BCUT2D eigenvalue weighted by Gasteiger charge is 2.30. The third kappa shape index (κ3) is 8.89. The summed E-state index contributed by atoms with van der Waals surface area (Å²) in [5.41, 5.74) is 6.75. The van der Waals surface area contributed by atoms with Crippen LogP contribution in [-0.4, -0.2) is 71.6 Å². The molecule has 6 rings (SSSR count). The van der Waals surface area contributed by atoms with Gasteiger partial charge in [0.2, 0.25) is 26.0 Å². The van der Waals surface area contributed by atoms with Gasteiger partial charge in [-0.2, -0.15) is 8.61 Å². The van der Waals surface area contributed by atoms with Gasteiger partial charge in [0.05, 0.1) is 9.79 Å². The average Bonchev–Trinajstić information content (AvgIpc) is 3.81. The summed E-state index contributed by atoms with van der Waals surface area (Å²) in [6.45, 7) is 2.38. The molecular weight excluding hydrogens is 792 g/mol. The van der Waals surface area contributed by atoms with Gasteiger partial charge in [-0.25, -0.2) is 26.8 Å². The molecule has 0 atom stereocenters. The number of benzene rings is 2. The van der Waals surface area contributed by atoms with Crippen molar-refractivity contribution in [3.63, 3.8) is 0 Å². The number of halogens is 3. The molecule has 2 saturated heterocycles. The second-order valence-corrected chi connectivity index (χ2v) is 15.8. The van der Waals surface area contributed by atoms with Crippen molar-refractivity contribution < 1.29 is 16.8 Å². The Bertz CT molecular complexity index is 1690. The molecule has 2 aromatic carbocycles. The van der Waals surface area contributed by atoms with Gasteiger partial charge in [-0.3, -0.25) is 0 Å². The van der Waals surface area contributed by atoms with Crippen molar-refractivity contribution in [3.8, 4) is 0 Å². The number of hydrogen-bond acceptors (Lipinski definition) is 8. The smallest absolute Gasteiger partial charge is 0.244 e.